The highest BCUT2D eigenvalue weighted by Gasteiger charge is 2.29. The van der Waals surface area contributed by atoms with Crippen LogP contribution >= 0.6 is 22.9 Å². The number of likely N-dealkylation sites (tertiary alicyclic amines) is 1. The van der Waals surface area contributed by atoms with Gasteiger partial charge >= 0.3 is 6.03 Å². The lowest BCUT2D eigenvalue weighted by atomic mass is 9.96. The van der Waals surface area contributed by atoms with Gasteiger partial charge in [0.15, 0.2) is 0 Å². The third kappa shape index (κ3) is 5.67. The van der Waals surface area contributed by atoms with Crippen LogP contribution in [0.1, 0.15) is 37.3 Å². The van der Waals surface area contributed by atoms with Crippen LogP contribution in [-0.2, 0) is 11.2 Å². The minimum Gasteiger partial charge on any atom is -0.325 e. The molecule has 0 atom stereocenters. The standard InChI is InChI=1S/C20H26ClN5O2S/c1-3-25(4-2)20(28)26-11-9-15(10-12-26)18(27)22-19-24-23-17(29-19)13-14-5-7-16(21)8-6-14/h5-8,15H,3-4,9-13H2,1-2H3,(H,22,24,27). The van der Waals surface area contributed by atoms with E-state index in [1.165, 1.54) is 11.3 Å². The first-order valence-electron chi connectivity index (χ1n) is 9.91. The second kappa shape index (κ2) is 10.0. The number of carbonyl (C=O) groups is 2. The summed E-state index contributed by atoms with van der Waals surface area (Å²) in [7, 11) is 0. The molecule has 1 fully saturated rings. The molecule has 29 heavy (non-hydrogen) atoms. The lowest BCUT2D eigenvalue weighted by Crippen LogP contribution is -2.47. The molecule has 1 aliphatic rings. The van der Waals surface area contributed by atoms with E-state index < -0.39 is 0 Å². The summed E-state index contributed by atoms with van der Waals surface area (Å²) in [6, 6.07) is 7.66. The predicted molar refractivity (Wildman–Crippen MR) is 115 cm³/mol. The quantitative estimate of drug-likeness (QED) is 0.746. The molecule has 3 rings (SSSR count). The summed E-state index contributed by atoms with van der Waals surface area (Å²) in [6.45, 7) is 6.56. The Bertz CT molecular complexity index is 830. The van der Waals surface area contributed by atoms with E-state index in [0.29, 0.717) is 55.6 Å². The Labute approximate surface area is 180 Å². The molecule has 3 amide bonds. The molecule has 9 heteroatoms. The highest BCUT2D eigenvalue weighted by Crippen LogP contribution is 2.23. The van der Waals surface area contributed by atoms with Crippen LogP contribution in [0.25, 0.3) is 0 Å². The fourth-order valence-corrected chi connectivity index (χ4v) is 4.29. The van der Waals surface area contributed by atoms with Gasteiger partial charge in [0.25, 0.3) is 0 Å². The van der Waals surface area contributed by atoms with Gasteiger partial charge in [-0.05, 0) is 44.4 Å². The third-order valence-electron chi connectivity index (χ3n) is 5.14. The van der Waals surface area contributed by atoms with Crippen LogP contribution < -0.4 is 5.32 Å². The van der Waals surface area contributed by atoms with Gasteiger partial charge in [-0.3, -0.25) is 4.79 Å². The number of nitrogens with one attached hydrogen (secondary N) is 1. The van der Waals surface area contributed by atoms with Crippen molar-refractivity contribution in [3.63, 3.8) is 0 Å². The number of anilines is 1. The van der Waals surface area contributed by atoms with Gasteiger partial charge in [0, 0.05) is 43.5 Å². The zero-order valence-corrected chi connectivity index (χ0v) is 18.3. The van der Waals surface area contributed by atoms with Crippen LogP contribution in [0.5, 0.6) is 0 Å². The lowest BCUT2D eigenvalue weighted by molar-refractivity contribution is -0.121. The van der Waals surface area contributed by atoms with Crippen molar-refractivity contribution in [2.45, 2.75) is 33.1 Å². The number of hydrogen-bond acceptors (Lipinski definition) is 5. The van der Waals surface area contributed by atoms with Gasteiger partial charge in [-0.15, -0.1) is 10.2 Å². The molecule has 2 heterocycles. The van der Waals surface area contributed by atoms with Crippen molar-refractivity contribution >= 4 is 40.0 Å². The first-order chi connectivity index (χ1) is 14.0. The van der Waals surface area contributed by atoms with Crippen molar-refractivity contribution in [3.8, 4) is 0 Å². The molecule has 0 saturated carbocycles. The first kappa shape index (κ1) is 21.5. The fraction of sp³-hybridized carbons (Fsp3) is 0.500. The summed E-state index contributed by atoms with van der Waals surface area (Å²) < 4.78 is 0. The average molecular weight is 436 g/mol. The smallest absolute Gasteiger partial charge is 0.319 e. The van der Waals surface area contributed by atoms with E-state index >= 15 is 0 Å². The highest BCUT2D eigenvalue weighted by molar-refractivity contribution is 7.15. The summed E-state index contributed by atoms with van der Waals surface area (Å²) >= 11 is 7.29. The average Bonchev–Trinajstić information content (AvgIpc) is 3.17. The SMILES string of the molecule is CCN(CC)C(=O)N1CCC(C(=O)Nc2nnc(Cc3ccc(Cl)cc3)s2)CC1. The number of aromatic nitrogens is 2. The van der Waals surface area contributed by atoms with Crippen LogP contribution in [0, 0.1) is 5.92 Å². The Hall–Kier alpha value is -2.19. The van der Waals surface area contributed by atoms with E-state index in [1.807, 2.05) is 47.9 Å². The van der Waals surface area contributed by atoms with Crippen molar-refractivity contribution in [2.24, 2.45) is 5.92 Å². The minimum atomic E-state index is -0.112. The number of nitrogens with zero attached hydrogens (tertiary/aromatic N) is 4. The van der Waals surface area contributed by atoms with Crippen LogP contribution in [0.2, 0.25) is 5.02 Å². The maximum Gasteiger partial charge on any atom is 0.319 e. The van der Waals surface area contributed by atoms with Gasteiger partial charge in [0.1, 0.15) is 5.01 Å². The topological polar surface area (TPSA) is 78.4 Å². The molecule has 1 aliphatic heterocycles. The van der Waals surface area contributed by atoms with Gasteiger partial charge in [-0.2, -0.15) is 0 Å². The fourth-order valence-electron chi connectivity index (χ4n) is 3.39. The number of hydrogen-bond donors (Lipinski definition) is 1. The molecule has 1 saturated heterocycles. The van der Waals surface area contributed by atoms with Crippen molar-refractivity contribution in [2.75, 3.05) is 31.5 Å². The van der Waals surface area contributed by atoms with Crippen LogP contribution in [0.15, 0.2) is 24.3 Å². The Balaban J connectivity index is 1.49. The number of piperidine rings is 1. The van der Waals surface area contributed by atoms with Gasteiger partial charge in [-0.1, -0.05) is 35.1 Å². The highest BCUT2D eigenvalue weighted by atomic mass is 35.5. The number of halogens is 1. The largest absolute Gasteiger partial charge is 0.325 e. The zero-order valence-electron chi connectivity index (χ0n) is 16.7. The monoisotopic (exact) mass is 435 g/mol. The van der Waals surface area contributed by atoms with Gasteiger partial charge in [0.2, 0.25) is 11.0 Å². The maximum atomic E-state index is 12.6. The Morgan fingerprint density at radius 3 is 2.45 bits per heavy atom. The molecule has 1 aromatic heterocycles. The molecule has 156 valence electrons. The van der Waals surface area contributed by atoms with Crippen molar-refractivity contribution in [1.82, 2.24) is 20.0 Å². The van der Waals surface area contributed by atoms with E-state index in [1.54, 1.807) is 0 Å². The molecule has 0 unspecified atom stereocenters. The number of benzene rings is 1. The van der Waals surface area contributed by atoms with Gasteiger partial charge in [0.05, 0.1) is 0 Å². The summed E-state index contributed by atoms with van der Waals surface area (Å²) in [4.78, 5) is 28.7. The van der Waals surface area contributed by atoms with E-state index in [4.69, 9.17) is 11.6 Å². The lowest BCUT2D eigenvalue weighted by Gasteiger charge is -2.34. The van der Waals surface area contributed by atoms with E-state index in [9.17, 15) is 9.59 Å². The molecule has 2 aromatic rings. The Morgan fingerprint density at radius 2 is 1.83 bits per heavy atom. The second-order valence-electron chi connectivity index (χ2n) is 7.01. The third-order valence-corrected chi connectivity index (χ3v) is 6.23. The minimum absolute atomic E-state index is 0.0471. The number of carbonyl (C=O) groups excluding carboxylic acids is 2. The molecule has 1 N–H and O–H groups in total. The van der Waals surface area contributed by atoms with Crippen LogP contribution in [-0.4, -0.2) is 58.1 Å². The molecular weight excluding hydrogens is 410 g/mol. The number of urea groups is 1. The number of amides is 3. The normalized spacial score (nSPS) is 14.7. The first-order valence-corrected chi connectivity index (χ1v) is 11.1. The van der Waals surface area contributed by atoms with Crippen molar-refractivity contribution in [3.05, 3.63) is 39.9 Å². The van der Waals surface area contributed by atoms with Gasteiger partial charge in [-0.25, -0.2) is 4.79 Å². The summed E-state index contributed by atoms with van der Waals surface area (Å²) in [5.74, 6) is -0.159. The molecule has 0 aliphatic carbocycles. The zero-order chi connectivity index (χ0) is 20.8. The van der Waals surface area contributed by atoms with E-state index in [-0.39, 0.29) is 17.9 Å². The van der Waals surface area contributed by atoms with Crippen LogP contribution in [0.3, 0.4) is 0 Å². The summed E-state index contributed by atoms with van der Waals surface area (Å²) in [5.41, 5.74) is 1.09. The summed E-state index contributed by atoms with van der Waals surface area (Å²) in [6.07, 6.45) is 1.97. The molecule has 0 spiro atoms. The second-order valence-corrected chi connectivity index (χ2v) is 8.51. The predicted octanol–water partition coefficient (Wildman–Crippen LogP) is 3.89. The Kier molecular flexibility index (Phi) is 7.44. The molecular formula is C20H26ClN5O2S. The van der Waals surface area contributed by atoms with Gasteiger partial charge < -0.3 is 15.1 Å². The van der Waals surface area contributed by atoms with Crippen molar-refractivity contribution in [1.29, 1.82) is 0 Å². The molecule has 7 nitrogen and oxygen atoms in total. The molecule has 0 radical (unpaired) electrons. The van der Waals surface area contributed by atoms with Crippen molar-refractivity contribution < 1.29 is 9.59 Å². The van der Waals surface area contributed by atoms with E-state index in [2.05, 4.69) is 15.5 Å². The summed E-state index contributed by atoms with van der Waals surface area (Å²) in [5, 5.41) is 13.2. The Morgan fingerprint density at radius 1 is 1.17 bits per heavy atom. The molecule has 1 aromatic carbocycles. The van der Waals surface area contributed by atoms with Crippen LogP contribution in [0.4, 0.5) is 9.93 Å². The van der Waals surface area contributed by atoms with E-state index in [0.717, 1.165) is 10.6 Å². The maximum absolute atomic E-state index is 12.6. The number of rotatable bonds is 6. The molecule has 0 bridgehead atoms.